The van der Waals surface area contributed by atoms with Crippen LogP contribution in [0.2, 0.25) is 0 Å². The van der Waals surface area contributed by atoms with E-state index in [4.69, 9.17) is 19.9 Å². The summed E-state index contributed by atoms with van der Waals surface area (Å²) in [5, 5.41) is 16.7. The first-order valence-corrected chi connectivity index (χ1v) is 35.9. The van der Waals surface area contributed by atoms with E-state index in [0.29, 0.717) is 11.9 Å². The van der Waals surface area contributed by atoms with Crippen molar-refractivity contribution in [1.82, 2.24) is 29.1 Å². The number of benzene rings is 17. The molecule has 4 heterocycles. The van der Waals surface area contributed by atoms with Gasteiger partial charge in [0.05, 0.1) is 49.9 Å². The normalized spacial score (nSPS) is 12.5. The molecule has 105 heavy (non-hydrogen) atoms. The fourth-order valence-electron chi connectivity index (χ4n) is 17.2. The predicted molar refractivity (Wildman–Crippen MR) is 437 cm³/mol. The molecule has 0 atom stereocenters. The van der Waals surface area contributed by atoms with E-state index in [1.807, 2.05) is 0 Å². The van der Waals surface area contributed by atoms with Crippen molar-refractivity contribution in [2.24, 2.45) is 0 Å². The van der Waals surface area contributed by atoms with Crippen molar-refractivity contribution in [3.63, 3.8) is 0 Å². The van der Waals surface area contributed by atoms with Crippen molar-refractivity contribution in [1.29, 1.82) is 0 Å². The lowest BCUT2D eigenvalue weighted by atomic mass is 9.67. The van der Waals surface area contributed by atoms with E-state index in [-0.39, 0.29) is 0 Å². The molecule has 17 aromatic carbocycles. The Morgan fingerprint density at radius 3 is 1.00 bits per heavy atom. The van der Waals surface area contributed by atoms with Gasteiger partial charge >= 0.3 is 0 Å². The number of nitrogens with zero attached hydrogens (tertiary/aromatic N) is 6. The largest absolute Gasteiger partial charge is 0.278 e. The van der Waals surface area contributed by atoms with Gasteiger partial charge in [-0.25, -0.2) is 19.9 Å². The summed E-state index contributed by atoms with van der Waals surface area (Å²) in [5.41, 5.74) is 22.0. The third-order valence-corrected chi connectivity index (χ3v) is 21.9. The molecule has 0 radical (unpaired) electrons. The summed E-state index contributed by atoms with van der Waals surface area (Å²) in [5.74, 6) is 1.32. The molecule has 0 aliphatic heterocycles. The van der Waals surface area contributed by atoms with Crippen molar-refractivity contribution in [3.05, 3.63) is 398 Å². The predicted octanol–water partition coefficient (Wildman–Crippen LogP) is 25.1. The average Bonchev–Trinajstić information content (AvgIpc) is 1.59. The van der Waals surface area contributed by atoms with Crippen LogP contribution in [0.15, 0.2) is 376 Å². The standard InChI is InChI=1S/C53H33N3.C46H29N3/c1-2-16-37(17-3-1)53(44-23-11-8-20-41(44)42-21-9-12-24-45(42)53)38-30-26-36(27-31-38)51-43-22-10-13-25-46(43)54-52(55-51)56-47-32-28-34-14-4-6-18-39(34)49(47)50-40-19-7-5-15-35(40)29-33-48(50)56;1-3-11-30(12-4-1)32-19-21-35(22-20-32)45-39-29-36(31-13-5-2-6-14-31)23-26-40(39)47-46(48-45)49-41-27-24-33-15-7-9-17-37(33)43(41)44-38-18-10-8-16-34(38)25-28-42(44)49/h1-33H;1-29H. The second-order valence-electron chi connectivity index (χ2n) is 27.5. The molecule has 0 unspecified atom stereocenters. The van der Waals surface area contributed by atoms with Crippen LogP contribution in [0.1, 0.15) is 22.3 Å². The van der Waals surface area contributed by atoms with Crippen LogP contribution in [-0.2, 0) is 5.41 Å². The average molecular weight is 1340 g/mol. The zero-order chi connectivity index (χ0) is 69.1. The van der Waals surface area contributed by atoms with E-state index in [1.165, 1.54) is 115 Å². The summed E-state index contributed by atoms with van der Waals surface area (Å²) in [6.45, 7) is 0. The second kappa shape index (κ2) is 24.1. The Hall–Kier alpha value is -13.9. The molecule has 0 fully saturated rings. The highest BCUT2D eigenvalue weighted by molar-refractivity contribution is 6.30. The molecular weight excluding hydrogens is 1270 g/mol. The minimum atomic E-state index is -0.458. The van der Waals surface area contributed by atoms with Crippen molar-refractivity contribution in [2.45, 2.75) is 5.41 Å². The molecule has 0 bridgehead atoms. The Morgan fingerprint density at radius 1 is 0.210 bits per heavy atom. The summed E-state index contributed by atoms with van der Waals surface area (Å²) in [6.07, 6.45) is 0. The Labute approximate surface area is 605 Å². The van der Waals surface area contributed by atoms with E-state index in [9.17, 15) is 0 Å². The zero-order valence-corrected chi connectivity index (χ0v) is 57.0. The third-order valence-electron chi connectivity index (χ3n) is 21.9. The molecule has 6 nitrogen and oxygen atoms in total. The number of rotatable bonds is 8. The maximum atomic E-state index is 5.50. The smallest absolute Gasteiger partial charge is 0.235 e. The van der Waals surface area contributed by atoms with Crippen LogP contribution >= 0.6 is 0 Å². The monoisotopic (exact) mass is 1330 g/mol. The molecule has 0 spiro atoms. The van der Waals surface area contributed by atoms with Gasteiger partial charge < -0.3 is 0 Å². The Kier molecular flexibility index (Phi) is 13.8. The van der Waals surface area contributed by atoms with Crippen LogP contribution in [0, 0.1) is 0 Å². The number of aromatic nitrogens is 6. The minimum Gasteiger partial charge on any atom is -0.278 e. The Balaban J connectivity index is 0.000000137. The first kappa shape index (κ1) is 59.9. The third kappa shape index (κ3) is 9.44. The van der Waals surface area contributed by atoms with Crippen molar-refractivity contribution in [3.8, 4) is 67.8 Å². The van der Waals surface area contributed by atoms with Gasteiger partial charge in [-0.1, -0.05) is 334 Å². The van der Waals surface area contributed by atoms with Gasteiger partial charge in [-0.2, -0.15) is 0 Å². The van der Waals surface area contributed by atoms with Crippen LogP contribution in [0.5, 0.6) is 0 Å². The van der Waals surface area contributed by atoms with Gasteiger partial charge in [0.2, 0.25) is 11.9 Å². The lowest BCUT2D eigenvalue weighted by Crippen LogP contribution is -2.28. The molecule has 21 aromatic rings. The number of hydrogen-bond donors (Lipinski definition) is 0. The van der Waals surface area contributed by atoms with Gasteiger partial charge in [0, 0.05) is 43.4 Å². The van der Waals surface area contributed by atoms with E-state index in [0.717, 1.165) is 72.0 Å². The number of fused-ring (bicyclic) bond motifs is 19. The van der Waals surface area contributed by atoms with Crippen LogP contribution in [0.4, 0.5) is 0 Å². The Bertz CT molecular complexity index is 6830. The quantitative estimate of drug-likeness (QED) is 0.152. The first-order valence-electron chi connectivity index (χ1n) is 35.9. The van der Waals surface area contributed by atoms with Gasteiger partial charge in [0.1, 0.15) is 0 Å². The SMILES string of the molecule is c1ccc(-c2ccc(-c3nc(-n4c5ccc6ccccc6c5c5c6ccccc6ccc54)nc4ccc(-c5ccccc5)cc34)cc2)cc1.c1ccc(C2(c3ccc(-c4nc(-n5c6ccc7ccccc7c6c6c7ccccc7ccc65)nc5ccccc45)cc3)c3ccccc3-c3ccccc32)cc1. The molecule has 0 amide bonds. The van der Waals surface area contributed by atoms with E-state index in [2.05, 4.69) is 385 Å². The fourth-order valence-corrected chi connectivity index (χ4v) is 17.2. The van der Waals surface area contributed by atoms with E-state index >= 15 is 0 Å². The van der Waals surface area contributed by atoms with Crippen molar-refractivity contribution in [2.75, 3.05) is 0 Å². The molecule has 488 valence electrons. The molecule has 0 saturated heterocycles. The number of hydrogen-bond acceptors (Lipinski definition) is 4. The second-order valence-corrected chi connectivity index (χ2v) is 27.5. The van der Waals surface area contributed by atoms with Crippen molar-refractivity contribution < 1.29 is 0 Å². The lowest BCUT2D eigenvalue weighted by Gasteiger charge is -2.34. The van der Waals surface area contributed by atoms with E-state index in [1.54, 1.807) is 0 Å². The van der Waals surface area contributed by atoms with Gasteiger partial charge in [0.15, 0.2) is 0 Å². The molecule has 6 heteroatoms. The Morgan fingerprint density at radius 2 is 0.533 bits per heavy atom. The van der Waals surface area contributed by atoms with Gasteiger partial charge in [-0.3, -0.25) is 9.13 Å². The fraction of sp³-hybridized carbons (Fsp3) is 0.0101. The lowest BCUT2D eigenvalue weighted by molar-refractivity contribution is 0.768. The van der Waals surface area contributed by atoms with E-state index < -0.39 is 5.41 Å². The highest BCUT2D eigenvalue weighted by atomic mass is 15.2. The first-order chi connectivity index (χ1) is 52.1. The van der Waals surface area contributed by atoms with Crippen molar-refractivity contribution >= 4 is 109 Å². The molecular formula is C99H62N6. The molecule has 22 rings (SSSR count). The summed E-state index contributed by atoms with van der Waals surface area (Å²) in [7, 11) is 0. The molecule has 4 aromatic heterocycles. The highest BCUT2D eigenvalue weighted by Gasteiger charge is 2.46. The topological polar surface area (TPSA) is 61.4 Å². The summed E-state index contributed by atoms with van der Waals surface area (Å²) < 4.78 is 4.53. The summed E-state index contributed by atoms with van der Waals surface area (Å²) >= 11 is 0. The maximum absolute atomic E-state index is 5.50. The van der Waals surface area contributed by atoms with Crippen LogP contribution < -0.4 is 0 Å². The molecule has 0 saturated carbocycles. The summed E-state index contributed by atoms with van der Waals surface area (Å²) in [6, 6.07) is 135. The van der Waals surface area contributed by atoms with Gasteiger partial charge in [-0.05, 0) is 141 Å². The van der Waals surface area contributed by atoms with Crippen LogP contribution in [0.25, 0.3) is 176 Å². The zero-order valence-electron chi connectivity index (χ0n) is 57.0. The molecule has 0 N–H and O–H groups in total. The van der Waals surface area contributed by atoms with Crippen LogP contribution in [0.3, 0.4) is 0 Å². The molecule has 1 aliphatic rings. The summed E-state index contributed by atoms with van der Waals surface area (Å²) in [4.78, 5) is 21.6. The van der Waals surface area contributed by atoms with Gasteiger partial charge in [0.25, 0.3) is 0 Å². The minimum absolute atomic E-state index is 0.458. The highest BCUT2D eigenvalue weighted by Crippen LogP contribution is 2.56. The molecule has 1 aliphatic carbocycles. The maximum Gasteiger partial charge on any atom is 0.235 e. The number of para-hydroxylation sites is 1. The van der Waals surface area contributed by atoms with Gasteiger partial charge in [-0.15, -0.1) is 0 Å². The van der Waals surface area contributed by atoms with Crippen LogP contribution in [-0.4, -0.2) is 29.1 Å².